The average molecular weight is 384 g/mol. The molecule has 5 nitrogen and oxygen atoms in total. The molecule has 3 aromatic rings. The number of aryl methyl sites for hydroxylation is 1. The zero-order valence-corrected chi connectivity index (χ0v) is 15.9. The number of aromatic amines is 1. The molecule has 140 valence electrons. The van der Waals surface area contributed by atoms with Crippen LogP contribution in [0.25, 0.3) is 11.3 Å². The van der Waals surface area contributed by atoms with Gasteiger partial charge in [0.25, 0.3) is 0 Å². The van der Waals surface area contributed by atoms with E-state index in [4.69, 9.17) is 0 Å². The molecule has 1 N–H and O–H groups in total. The van der Waals surface area contributed by atoms with Crippen LogP contribution in [-0.4, -0.2) is 45.3 Å². The van der Waals surface area contributed by atoms with Crippen LogP contribution in [0.4, 0.5) is 4.39 Å². The number of nitrogens with zero attached hydrogens (tertiary/aromatic N) is 3. The van der Waals surface area contributed by atoms with Crippen molar-refractivity contribution in [1.82, 2.24) is 20.1 Å². The molecule has 2 aromatic heterocycles. The number of H-pyrrole nitrogens is 1. The smallest absolute Gasteiger partial charge is 0.232 e. The van der Waals surface area contributed by atoms with Crippen LogP contribution in [-0.2, 0) is 11.2 Å². The van der Waals surface area contributed by atoms with Crippen LogP contribution in [0.2, 0.25) is 0 Å². The number of rotatable bonds is 8. The molecule has 1 aromatic carbocycles. The summed E-state index contributed by atoms with van der Waals surface area (Å²) in [6.45, 7) is 0.671. The van der Waals surface area contributed by atoms with Crippen LogP contribution in [0.3, 0.4) is 0 Å². The fourth-order valence-corrected chi connectivity index (χ4v) is 3.43. The molecular weight excluding hydrogens is 363 g/mol. The summed E-state index contributed by atoms with van der Waals surface area (Å²) in [6, 6.07) is 12.1. The van der Waals surface area contributed by atoms with E-state index >= 15 is 0 Å². The number of aromatic nitrogens is 3. The van der Waals surface area contributed by atoms with E-state index < -0.39 is 0 Å². The second-order valence-electron chi connectivity index (χ2n) is 6.18. The van der Waals surface area contributed by atoms with Crippen molar-refractivity contribution in [1.29, 1.82) is 0 Å². The van der Waals surface area contributed by atoms with E-state index in [1.807, 2.05) is 31.3 Å². The number of benzene rings is 1. The van der Waals surface area contributed by atoms with E-state index in [1.54, 1.807) is 23.4 Å². The van der Waals surface area contributed by atoms with Gasteiger partial charge in [0.15, 0.2) is 0 Å². The maximum atomic E-state index is 13.3. The van der Waals surface area contributed by atoms with E-state index in [9.17, 15) is 9.18 Å². The number of pyridine rings is 1. The fourth-order valence-electron chi connectivity index (χ4n) is 2.61. The summed E-state index contributed by atoms with van der Waals surface area (Å²) in [5, 5.41) is 7.23. The predicted molar refractivity (Wildman–Crippen MR) is 105 cm³/mol. The van der Waals surface area contributed by atoms with Crippen LogP contribution in [0.15, 0.2) is 59.8 Å². The Balaban J connectivity index is 1.43. The third-order valence-corrected chi connectivity index (χ3v) is 5.13. The molecule has 0 saturated heterocycles. The summed E-state index contributed by atoms with van der Waals surface area (Å²) in [5.74, 6) is 0.234. The summed E-state index contributed by atoms with van der Waals surface area (Å²) in [4.78, 5) is 19.0. The molecule has 0 bridgehead atoms. The molecular formula is C20H21FN4OS. The van der Waals surface area contributed by atoms with Crippen molar-refractivity contribution in [3.63, 3.8) is 0 Å². The van der Waals surface area contributed by atoms with Gasteiger partial charge in [-0.05, 0) is 43.2 Å². The zero-order valence-electron chi connectivity index (χ0n) is 15.1. The Morgan fingerprint density at radius 1 is 1.22 bits per heavy atom. The third-order valence-electron chi connectivity index (χ3n) is 4.13. The second kappa shape index (κ2) is 9.32. The highest BCUT2D eigenvalue weighted by Crippen LogP contribution is 2.19. The monoisotopic (exact) mass is 384 g/mol. The van der Waals surface area contributed by atoms with Gasteiger partial charge in [-0.3, -0.25) is 14.9 Å². The van der Waals surface area contributed by atoms with Crippen molar-refractivity contribution in [2.75, 3.05) is 19.3 Å². The van der Waals surface area contributed by atoms with E-state index in [0.29, 0.717) is 12.3 Å². The number of hydrogen-bond donors (Lipinski definition) is 1. The van der Waals surface area contributed by atoms with Gasteiger partial charge in [0.05, 0.1) is 11.4 Å². The Bertz CT molecular complexity index is 884. The van der Waals surface area contributed by atoms with Gasteiger partial charge in [0.1, 0.15) is 5.82 Å². The van der Waals surface area contributed by atoms with E-state index in [-0.39, 0.29) is 11.7 Å². The first-order chi connectivity index (χ1) is 13.1. The maximum Gasteiger partial charge on any atom is 0.232 e. The maximum absolute atomic E-state index is 13.3. The molecule has 0 fully saturated rings. The molecule has 2 heterocycles. The summed E-state index contributed by atoms with van der Waals surface area (Å²) in [7, 11) is 1.82. The number of carbonyl (C=O) groups is 1. The fraction of sp³-hybridized carbons (Fsp3) is 0.250. The van der Waals surface area contributed by atoms with Gasteiger partial charge in [0, 0.05) is 42.1 Å². The first kappa shape index (κ1) is 19.1. The number of thioether (sulfide) groups is 1. The topological polar surface area (TPSA) is 61.9 Å². The van der Waals surface area contributed by atoms with Crippen LogP contribution in [0.5, 0.6) is 0 Å². The Morgan fingerprint density at radius 2 is 2.04 bits per heavy atom. The highest BCUT2D eigenvalue weighted by atomic mass is 32.2. The van der Waals surface area contributed by atoms with Gasteiger partial charge in [-0.1, -0.05) is 12.1 Å². The predicted octanol–water partition coefficient (Wildman–Crippen LogP) is 3.79. The molecule has 0 aliphatic heterocycles. The molecule has 0 unspecified atom stereocenters. The first-order valence-electron chi connectivity index (χ1n) is 8.69. The molecule has 0 aliphatic carbocycles. The lowest BCUT2D eigenvalue weighted by Crippen LogP contribution is -2.29. The van der Waals surface area contributed by atoms with E-state index in [1.165, 1.54) is 23.9 Å². The molecule has 3 rings (SSSR count). The Labute approximate surface area is 162 Å². The molecule has 27 heavy (non-hydrogen) atoms. The molecule has 0 aliphatic rings. The number of nitrogens with one attached hydrogen (secondary N) is 1. The summed E-state index contributed by atoms with van der Waals surface area (Å²) >= 11 is 1.51. The number of carbonyl (C=O) groups excluding carboxylic acids is 1. The lowest BCUT2D eigenvalue weighted by atomic mass is 10.1. The number of halogens is 1. The van der Waals surface area contributed by atoms with Crippen molar-refractivity contribution in [2.24, 2.45) is 0 Å². The molecule has 0 saturated carbocycles. The van der Waals surface area contributed by atoms with Gasteiger partial charge in [-0.15, -0.1) is 11.8 Å². The minimum atomic E-state index is -0.276. The highest BCUT2D eigenvalue weighted by Gasteiger charge is 2.10. The normalized spacial score (nSPS) is 10.7. The van der Waals surface area contributed by atoms with Crippen molar-refractivity contribution >= 4 is 17.7 Å². The Kier molecular flexibility index (Phi) is 6.59. The first-order valence-corrected chi connectivity index (χ1v) is 9.67. The van der Waals surface area contributed by atoms with Crippen LogP contribution in [0, 0.1) is 5.82 Å². The zero-order chi connectivity index (χ0) is 19.1. The van der Waals surface area contributed by atoms with Crippen molar-refractivity contribution in [3.05, 3.63) is 66.4 Å². The largest absolute Gasteiger partial charge is 0.345 e. The summed E-state index contributed by atoms with van der Waals surface area (Å²) in [6.07, 6.45) is 5.04. The van der Waals surface area contributed by atoms with Crippen molar-refractivity contribution < 1.29 is 9.18 Å². The SMILES string of the molecule is CN(CCCc1cc(-c2cccc(F)c2)n[nH]1)C(=O)CSc1ccncc1. The van der Waals surface area contributed by atoms with Crippen LogP contribution >= 0.6 is 11.8 Å². The van der Waals surface area contributed by atoms with Crippen molar-refractivity contribution in [2.45, 2.75) is 17.7 Å². The van der Waals surface area contributed by atoms with Crippen LogP contribution in [0.1, 0.15) is 12.1 Å². The van der Waals surface area contributed by atoms with Gasteiger partial charge < -0.3 is 4.90 Å². The van der Waals surface area contributed by atoms with Gasteiger partial charge in [-0.2, -0.15) is 5.10 Å². The number of amides is 1. The van der Waals surface area contributed by atoms with Gasteiger partial charge in [0.2, 0.25) is 5.91 Å². The molecule has 0 atom stereocenters. The standard InChI is InChI=1S/C20H21FN4OS/c1-25(20(26)14-27-18-7-9-22-10-8-18)11-3-6-17-13-19(24-23-17)15-4-2-5-16(21)12-15/h2,4-5,7-10,12-13H,3,6,11,14H2,1H3,(H,23,24). The Morgan fingerprint density at radius 3 is 2.81 bits per heavy atom. The summed E-state index contributed by atoms with van der Waals surface area (Å²) < 4.78 is 13.3. The third kappa shape index (κ3) is 5.65. The lowest BCUT2D eigenvalue weighted by Gasteiger charge is -2.16. The molecule has 0 radical (unpaired) electrons. The van der Waals surface area contributed by atoms with E-state index in [0.717, 1.165) is 34.7 Å². The van der Waals surface area contributed by atoms with Gasteiger partial charge >= 0.3 is 0 Å². The quantitative estimate of drug-likeness (QED) is 0.600. The number of hydrogen-bond acceptors (Lipinski definition) is 4. The second-order valence-corrected chi connectivity index (χ2v) is 7.23. The van der Waals surface area contributed by atoms with Crippen LogP contribution < -0.4 is 0 Å². The Hall–Kier alpha value is -2.67. The average Bonchev–Trinajstić information content (AvgIpc) is 3.16. The summed E-state index contributed by atoms with van der Waals surface area (Å²) in [5.41, 5.74) is 2.45. The van der Waals surface area contributed by atoms with Crippen molar-refractivity contribution in [3.8, 4) is 11.3 Å². The minimum Gasteiger partial charge on any atom is -0.345 e. The van der Waals surface area contributed by atoms with Gasteiger partial charge in [-0.25, -0.2) is 4.39 Å². The molecule has 7 heteroatoms. The molecule has 1 amide bonds. The molecule has 0 spiro atoms. The highest BCUT2D eigenvalue weighted by molar-refractivity contribution is 8.00. The lowest BCUT2D eigenvalue weighted by molar-refractivity contribution is -0.127. The van der Waals surface area contributed by atoms with E-state index in [2.05, 4.69) is 15.2 Å². The minimum absolute atomic E-state index is 0.0990.